The number of thiazole rings is 1. The predicted octanol–water partition coefficient (Wildman–Crippen LogP) is 3.65. The molecule has 130 valence electrons. The number of nitrogens with zero attached hydrogens (tertiary/aromatic N) is 2. The summed E-state index contributed by atoms with van der Waals surface area (Å²) in [6, 6.07) is 14.3. The summed E-state index contributed by atoms with van der Waals surface area (Å²) >= 11 is 1.44. The maximum absolute atomic E-state index is 12.6. The van der Waals surface area contributed by atoms with Crippen molar-refractivity contribution in [2.24, 2.45) is 12.0 Å². The standard InChI is InChI=1S/C20H16N2O3S/c1-3-12-8-9-14-18(10-12)26-20(22(14)2)21-19(24)17-11-15(23)13-6-4-5-7-16(13)25-17/h4-11H,3H2,1-2H3. The Balaban J connectivity index is 1.83. The van der Waals surface area contributed by atoms with Crippen LogP contribution in [-0.4, -0.2) is 10.5 Å². The second-order valence-corrected chi connectivity index (χ2v) is 7.00. The second kappa shape index (κ2) is 6.38. The van der Waals surface area contributed by atoms with Crippen LogP contribution in [0.25, 0.3) is 21.2 Å². The van der Waals surface area contributed by atoms with Crippen molar-refractivity contribution in [3.05, 3.63) is 74.9 Å². The number of fused-ring (bicyclic) bond motifs is 2. The molecule has 0 unspecified atom stereocenters. The van der Waals surface area contributed by atoms with Gasteiger partial charge in [0.15, 0.2) is 16.0 Å². The SMILES string of the molecule is CCc1ccc2c(c1)sc(=NC(=O)c1cc(=O)c3ccccc3o1)n2C. The molecule has 6 heteroatoms. The number of aryl methyl sites for hydroxylation is 2. The summed E-state index contributed by atoms with van der Waals surface area (Å²) in [5, 5.41) is 0.448. The van der Waals surface area contributed by atoms with Gasteiger partial charge in [-0.1, -0.05) is 36.5 Å². The highest BCUT2D eigenvalue weighted by molar-refractivity contribution is 7.16. The van der Waals surface area contributed by atoms with Gasteiger partial charge in [0.2, 0.25) is 0 Å². The van der Waals surface area contributed by atoms with E-state index in [-0.39, 0.29) is 11.2 Å². The molecule has 0 aliphatic carbocycles. The van der Waals surface area contributed by atoms with Gasteiger partial charge in [-0.15, -0.1) is 0 Å². The summed E-state index contributed by atoms with van der Waals surface area (Å²) in [7, 11) is 1.87. The number of aromatic nitrogens is 1. The highest BCUT2D eigenvalue weighted by Crippen LogP contribution is 2.19. The lowest BCUT2D eigenvalue weighted by Crippen LogP contribution is -2.14. The van der Waals surface area contributed by atoms with Crippen LogP contribution in [0.1, 0.15) is 23.0 Å². The quantitative estimate of drug-likeness (QED) is 0.545. The maximum Gasteiger partial charge on any atom is 0.315 e. The van der Waals surface area contributed by atoms with E-state index in [4.69, 9.17) is 4.42 Å². The summed E-state index contributed by atoms with van der Waals surface area (Å²) in [4.78, 5) is 29.5. The smallest absolute Gasteiger partial charge is 0.315 e. The highest BCUT2D eigenvalue weighted by atomic mass is 32.1. The predicted molar refractivity (Wildman–Crippen MR) is 103 cm³/mol. The fraction of sp³-hybridized carbons (Fsp3) is 0.150. The average Bonchev–Trinajstić information content (AvgIpc) is 2.96. The van der Waals surface area contributed by atoms with Crippen molar-refractivity contribution in [2.75, 3.05) is 0 Å². The molecule has 0 radical (unpaired) electrons. The van der Waals surface area contributed by atoms with Crippen molar-refractivity contribution in [3.8, 4) is 0 Å². The first-order valence-corrected chi connectivity index (χ1v) is 9.09. The Morgan fingerprint density at radius 2 is 2.00 bits per heavy atom. The summed E-state index contributed by atoms with van der Waals surface area (Å²) in [5.74, 6) is -0.619. The number of benzene rings is 2. The molecular formula is C20H16N2O3S. The number of carbonyl (C=O) groups excluding carboxylic acids is 1. The molecule has 5 nitrogen and oxygen atoms in total. The van der Waals surface area contributed by atoms with Crippen molar-refractivity contribution in [3.63, 3.8) is 0 Å². The minimum atomic E-state index is -0.564. The molecule has 0 saturated heterocycles. The monoisotopic (exact) mass is 364 g/mol. The van der Waals surface area contributed by atoms with Gasteiger partial charge in [-0.25, -0.2) is 0 Å². The van der Waals surface area contributed by atoms with Gasteiger partial charge in [-0.2, -0.15) is 4.99 Å². The van der Waals surface area contributed by atoms with Crippen LogP contribution in [0.2, 0.25) is 0 Å². The van der Waals surface area contributed by atoms with Crippen molar-refractivity contribution < 1.29 is 9.21 Å². The zero-order chi connectivity index (χ0) is 18.3. The largest absolute Gasteiger partial charge is 0.451 e. The van der Waals surface area contributed by atoms with Crippen molar-refractivity contribution in [2.45, 2.75) is 13.3 Å². The molecule has 2 aromatic carbocycles. The zero-order valence-corrected chi connectivity index (χ0v) is 15.2. The molecule has 0 bridgehead atoms. The Morgan fingerprint density at radius 3 is 2.81 bits per heavy atom. The molecule has 2 heterocycles. The number of carbonyl (C=O) groups is 1. The summed E-state index contributed by atoms with van der Waals surface area (Å²) in [5.41, 5.74) is 2.38. The zero-order valence-electron chi connectivity index (χ0n) is 14.4. The lowest BCUT2D eigenvalue weighted by molar-refractivity contribution is 0.0972. The van der Waals surface area contributed by atoms with E-state index in [1.807, 2.05) is 17.7 Å². The third kappa shape index (κ3) is 2.78. The molecule has 26 heavy (non-hydrogen) atoms. The van der Waals surface area contributed by atoms with E-state index in [1.54, 1.807) is 24.3 Å². The molecule has 0 aliphatic rings. The molecule has 0 spiro atoms. The maximum atomic E-state index is 12.6. The number of hydrogen-bond acceptors (Lipinski definition) is 4. The van der Waals surface area contributed by atoms with Gasteiger partial charge in [0.25, 0.3) is 0 Å². The third-order valence-electron chi connectivity index (χ3n) is 4.32. The molecule has 0 N–H and O–H groups in total. The Kier molecular flexibility index (Phi) is 4.05. The number of rotatable bonds is 2. The fourth-order valence-corrected chi connectivity index (χ4v) is 3.94. The lowest BCUT2D eigenvalue weighted by atomic mass is 10.2. The molecule has 1 amide bonds. The van der Waals surface area contributed by atoms with Crippen LogP contribution in [0.15, 0.2) is 62.7 Å². The van der Waals surface area contributed by atoms with Gasteiger partial charge >= 0.3 is 5.91 Å². The number of amides is 1. The Hall–Kier alpha value is -2.99. The molecule has 4 rings (SSSR count). The van der Waals surface area contributed by atoms with Gasteiger partial charge < -0.3 is 8.98 Å². The van der Waals surface area contributed by atoms with Crippen molar-refractivity contribution >= 4 is 38.4 Å². The fourth-order valence-electron chi connectivity index (χ4n) is 2.86. The first-order chi connectivity index (χ1) is 12.6. The molecule has 0 aliphatic heterocycles. The average molecular weight is 364 g/mol. The van der Waals surface area contributed by atoms with E-state index in [1.165, 1.54) is 23.0 Å². The Bertz CT molecular complexity index is 1280. The van der Waals surface area contributed by atoms with Gasteiger partial charge in [-0.3, -0.25) is 9.59 Å². The summed E-state index contributed by atoms with van der Waals surface area (Å²) in [6.07, 6.45) is 0.950. The lowest BCUT2D eigenvalue weighted by Gasteiger charge is -1.99. The van der Waals surface area contributed by atoms with Gasteiger partial charge in [0.1, 0.15) is 5.58 Å². The van der Waals surface area contributed by atoms with Crippen LogP contribution in [0.4, 0.5) is 0 Å². The number of hydrogen-bond donors (Lipinski definition) is 0. The third-order valence-corrected chi connectivity index (χ3v) is 5.42. The minimum absolute atomic E-state index is 0.0552. The van der Waals surface area contributed by atoms with Crippen LogP contribution in [-0.2, 0) is 13.5 Å². The van der Waals surface area contributed by atoms with Gasteiger partial charge in [-0.05, 0) is 36.2 Å². The Labute approximate surface area is 152 Å². The Morgan fingerprint density at radius 1 is 1.19 bits per heavy atom. The van der Waals surface area contributed by atoms with Crippen LogP contribution in [0.3, 0.4) is 0 Å². The topological polar surface area (TPSA) is 64.6 Å². The molecule has 0 atom stereocenters. The van der Waals surface area contributed by atoms with E-state index in [2.05, 4.69) is 24.0 Å². The number of para-hydroxylation sites is 1. The van der Waals surface area contributed by atoms with Crippen LogP contribution in [0.5, 0.6) is 0 Å². The molecule has 0 saturated carbocycles. The van der Waals surface area contributed by atoms with Crippen LogP contribution < -0.4 is 10.2 Å². The van der Waals surface area contributed by atoms with Gasteiger partial charge in [0.05, 0.1) is 15.6 Å². The van der Waals surface area contributed by atoms with Crippen molar-refractivity contribution in [1.29, 1.82) is 0 Å². The molecule has 4 aromatic rings. The van der Waals surface area contributed by atoms with E-state index in [0.29, 0.717) is 15.8 Å². The minimum Gasteiger partial charge on any atom is -0.451 e. The highest BCUT2D eigenvalue weighted by Gasteiger charge is 2.12. The van der Waals surface area contributed by atoms with E-state index < -0.39 is 5.91 Å². The van der Waals surface area contributed by atoms with E-state index in [0.717, 1.165) is 16.6 Å². The first-order valence-electron chi connectivity index (χ1n) is 8.27. The molecule has 0 fully saturated rings. The molecule has 2 aromatic heterocycles. The van der Waals surface area contributed by atoms with E-state index in [9.17, 15) is 9.59 Å². The van der Waals surface area contributed by atoms with Crippen LogP contribution >= 0.6 is 11.3 Å². The summed E-state index contributed by atoms with van der Waals surface area (Å²) < 4.78 is 8.52. The summed E-state index contributed by atoms with van der Waals surface area (Å²) in [6.45, 7) is 2.10. The van der Waals surface area contributed by atoms with Gasteiger partial charge in [0, 0.05) is 13.1 Å². The molecular weight excluding hydrogens is 348 g/mol. The normalized spacial score (nSPS) is 12.2. The second-order valence-electron chi connectivity index (χ2n) is 5.99. The first kappa shape index (κ1) is 16.5. The van der Waals surface area contributed by atoms with E-state index >= 15 is 0 Å². The van der Waals surface area contributed by atoms with Crippen molar-refractivity contribution in [1.82, 2.24) is 4.57 Å². The van der Waals surface area contributed by atoms with Crippen LogP contribution in [0, 0.1) is 0 Å².